The normalized spacial score (nSPS) is 11.2. The van der Waals surface area contributed by atoms with Gasteiger partial charge in [0.2, 0.25) is 0 Å². The molecule has 0 spiro atoms. The van der Waals surface area contributed by atoms with E-state index in [1.165, 1.54) is 48.0 Å². The molecule has 0 aliphatic carbocycles. The first-order valence-corrected chi connectivity index (χ1v) is 8.99. The van der Waals surface area contributed by atoms with Crippen LogP contribution in [0.15, 0.2) is 76.4 Å². The Morgan fingerprint density at radius 3 is 2.40 bits per heavy atom. The highest BCUT2D eigenvalue weighted by molar-refractivity contribution is 7.92. The van der Waals surface area contributed by atoms with Crippen LogP contribution in [-0.4, -0.2) is 19.2 Å². The van der Waals surface area contributed by atoms with E-state index < -0.39 is 10.0 Å². The number of ketones is 1. The number of hydrogen-bond donors (Lipinski definition) is 0. The van der Waals surface area contributed by atoms with Crippen molar-refractivity contribution in [3.8, 4) is 0 Å². The van der Waals surface area contributed by atoms with Gasteiger partial charge in [0.05, 0.1) is 17.7 Å². The number of hydrogen-bond acceptors (Lipinski definition) is 5. The van der Waals surface area contributed by atoms with E-state index in [0.29, 0.717) is 11.3 Å². The molecule has 128 valence electrons. The van der Waals surface area contributed by atoms with E-state index in [9.17, 15) is 13.2 Å². The molecule has 0 radical (unpaired) electrons. The fourth-order valence-corrected chi connectivity index (χ4v) is 3.71. The predicted octanol–water partition coefficient (Wildman–Crippen LogP) is 3.27. The summed E-state index contributed by atoms with van der Waals surface area (Å²) in [6.07, 6.45) is 3.01. The van der Waals surface area contributed by atoms with E-state index in [0.717, 1.165) is 0 Å². The smallest absolute Gasteiger partial charge is 0.265 e. The summed E-state index contributed by atoms with van der Waals surface area (Å²) in [4.78, 5) is 15.6. The summed E-state index contributed by atoms with van der Waals surface area (Å²) in [7, 11) is -3.87. The van der Waals surface area contributed by atoms with E-state index in [1.54, 1.807) is 30.3 Å². The van der Waals surface area contributed by atoms with Gasteiger partial charge in [-0.2, -0.15) is 0 Å². The molecule has 0 saturated carbocycles. The molecule has 0 atom stereocenters. The van der Waals surface area contributed by atoms with Crippen molar-refractivity contribution >= 4 is 21.6 Å². The fourth-order valence-electron chi connectivity index (χ4n) is 2.32. The Labute approximate surface area is 145 Å². The number of carbonyl (C=O) groups excluding carboxylic acids is 1. The first-order chi connectivity index (χ1) is 12.0. The van der Waals surface area contributed by atoms with Gasteiger partial charge in [-0.25, -0.2) is 17.7 Å². The van der Waals surface area contributed by atoms with Crippen molar-refractivity contribution in [1.29, 1.82) is 0 Å². The molecule has 1 aromatic carbocycles. The van der Waals surface area contributed by atoms with Crippen molar-refractivity contribution in [2.75, 3.05) is 4.31 Å². The van der Waals surface area contributed by atoms with Crippen LogP contribution in [0.2, 0.25) is 0 Å². The molecule has 0 fully saturated rings. The van der Waals surface area contributed by atoms with Crippen LogP contribution in [0.5, 0.6) is 0 Å². The van der Waals surface area contributed by atoms with Gasteiger partial charge in [-0.1, -0.05) is 18.2 Å². The minimum absolute atomic E-state index is 0.0147. The zero-order valence-corrected chi connectivity index (χ0v) is 14.3. The SMILES string of the molecule is CC(=O)c1ccc(S(=O)(=O)N(Cc2ccco2)c2ccccn2)cc1. The third kappa shape index (κ3) is 3.61. The number of anilines is 1. The van der Waals surface area contributed by atoms with E-state index >= 15 is 0 Å². The van der Waals surface area contributed by atoms with Gasteiger partial charge in [0.25, 0.3) is 10.0 Å². The van der Waals surface area contributed by atoms with Crippen LogP contribution in [-0.2, 0) is 16.6 Å². The number of Topliss-reactive ketones (excluding diaryl/α,β-unsaturated/α-hetero) is 1. The maximum Gasteiger partial charge on any atom is 0.265 e. The van der Waals surface area contributed by atoms with Gasteiger partial charge in [0.15, 0.2) is 5.78 Å². The van der Waals surface area contributed by atoms with Crippen LogP contribution >= 0.6 is 0 Å². The number of carbonyl (C=O) groups is 1. The Morgan fingerprint density at radius 2 is 1.84 bits per heavy atom. The summed E-state index contributed by atoms with van der Waals surface area (Å²) in [5.74, 6) is 0.658. The number of rotatable bonds is 6. The summed E-state index contributed by atoms with van der Waals surface area (Å²) in [5, 5.41) is 0. The molecule has 2 heterocycles. The van der Waals surface area contributed by atoms with Gasteiger partial charge in [-0.3, -0.25) is 4.79 Å². The second-order valence-electron chi connectivity index (χ2n) is 5.36. The Hall–Kier alpha value is -2.93. The number of sulfonamides is 1. The van der Waals surface area contributed by atoms with Crippen molar-refractivity contribution in [2.24, 2.45) is 0 Å². The Balaban J connectivity index is 2.03. The molecule has 0 bridgehead atoms. The van der Waals surface area contributed by atoms with Crippen LogP contribution in [0.1, 0.15) is 23.0 Å². The van der Waals surface area contributed by atoms with Gasteiger partial charge >= 0.3 is 0 Å². The summed E-state index contributed by atoms with van der Waals surface area (Å²) in [5.41, 5.74) is 0.453. The lowest BCUT2D eigenvalue weighted by molar-refractivity contribution is 0.101. The lowest BCUT2D eigenvalue weighted by Gasteiger charge is -2.22. The number of pyridine rings is 1. The molecule has 0 unspecified atom stereocenters. The van der Waals surface area contributed by atoms with Crippen molar-refractivity contribution in [2.45, 2.75) is 18.4 Å². The van der Waals surface area contributed by atoms with Crippen LogP contribution in [0.25, 0.3) is 0 Å². The lowest BCUT2D eigenvalue weighted by Crippen LogP contribution is -2.31. The number of aromatic nitrogens is 1. The molecule has 0 saturated heterocycles. The Bertz CT molecular complexity index is 950. The van der Waals surface area contributed by atoms with Gasteiger partial charge < -0.3 is 4.42 Å². The Kier molecular flexibility index (Phi) is 4.67. The van der Waals surface area contributed by atoms with E-state index in [4.69, 9.17) is 4.42 Å². The number of furan rings is 1. The molecule has 7 heteroatoms. The average molecular weight is 356 g/mol. The summed E-state index contributed by atoms with van der Waals surface area (Å²) >= 11 is 0. The van der Waals surface area contributed by atoms with Crippen LogP contribution in [0, 0.1) is 0 Å². The van der Waals surface area contributed by atoms with Gasteiger partial charge in [-0.15, -0.1) is 0 Å². The molecule has 0 aliphatic heterocycles. The Morgan fingerprint density at radius 1 is 1.08 bits per heavy atom. The van der Waals surface area contributed by atoms with E-state index in [1.807, 2.05) is 0 Å². The molecule has 6 nitrogen and oxygen atoms in total. The quantitative estimate of drug-likeness (QED) is 0.633. The van der Waals surface area contributed by atoms with Gasteiger partial charge in [0, 0.05) is 11.8 Å². The number of benzene rings is 1. The van der Waals surface area contributed by atoms with Crippen LogP contribution in [0.4, 0.5) is 5.82 Å². The minimum atomic E-state index is -3.87. The highest BCUT2D eigenvalue weighted by Gasteiger charge is 2.27. The zero-order valence-electron chi connectivity index (χ0n) is 13.5. The first-order valence-electron chi connectivity index (χ1n) is 7.55. The number of nitrogens with zero attached hydrogens (tertiary/aromatic N) is 2. The lowest BCUT2D eigenvalue weighted by atomic mass is 10.2. The molecular weight excluding hydrogens is 340 g/mol. The van der Waals surface area contributed by atoms with Crippen LogP contribution < -0.4 is 4.31 Å². The van der Waals surface area contributed by atoms with Crippen molar-refractivity contribution in [3.05, 3.63) is 78.4 Å². The minimum Gasteiger partial charge on any atom is -0.467 e. The molecule has 0 N–H and O–H groups in total. The molecule has 3 aromatic rings. The molecule has 0 amide bonds. The molecule has 25 heavy (non-hydrogen) atoms. The first kappa shape index (κ1) is 16.9. The average Bonchev–Trinajstić information content (AvgIpc) is 3.13. The summed E-state index contributed by atoms with van der Waals surface area (Å²) in [6, 6.07) is 14.3. The highest BCUT2D eigenvalue weighted by atomic mass is 32.2. The topological polar surface area (TPSA) is 80.5 Å². The maximum absolute atomic E-state index is 13.1. The van der Waals surface area contributed by atoms with E-state index in [-0.39, 0.29) is 23.0 Å². The van der Waals surface area contributed by atoms with Crippen LogP contribution in [0.3, 0.4) is 0 Å². The largest absolute Gasteiger partial charge is 0.467 e. The summed E-state index contributed by atoms with van der Waals surface area (Å²) < 4.78 is 32.7. The maximum atomic E-state index is 13.1. The zero-order chi connectivity index (χ0) is 17.9. The molecule has 0 aliphatic rings. The van der Waals surface area contributed by atoms with Crippen molar-refractivity contribution in [1.82, 2.24) is 4.98 Å². The molecule has 2 aromatic heterocycles. The standard InChI is InChI=1S/C18H16N2O4S/c1-14(21)15-7-9-17(10-8-15)25(22,23)20(13-16-5-4-12-24-16)18-6-2-3-11-19-18/h2-12H,13H2,1H3. The monoisotopic (exact) mass is 356 g/mol. The molecule has 3 rings (SSSR count). The third-order valence-electron chi connectivity index (χ3n) is 3.63. The van der Waals surface area contributed by atoms with E-state index in [2.05, 4.69) is 4.98 Å². The second kappa shape index (κ2) is 6.90. The van der Waals surface area contributed by atoms with Gasteiger partial charge in [-0.05, 0) is 43.3 Å². The van der Waals surface area contributed by atoms with Gasteiger partial charge in [0.1, 0.15) is 11.6 Å². The van der Waals surface area contributed by atoms with Crippen molar-refractivity contribution in [3.63, 3.8) is 0 Å². The van der Waals surface area contributed by atoms with Crippen molar-refractivity contribution < 1.29 is 17.6 Å². The molecular formula is C18H16N2O4S. The second-order valence-corrected chi connectivity index (χ2v) is 7.22. The fraction of sp³-hybridized carbons (Fsp3) is 0.111. The third-order valence-corrected chi connectivity index (χ3v) is 5.40. The highest BCUT2D eigenvalue weighted by Crippen LogP contribution is 2.24. The summed E-state index contributed by atoms with van der Waals surface area (Å²) in [6.45, 7) is 1.45. The predicted molar refractivity (Wildman–Crippen MR) is 92.8 cm³/mol.